The smallest absolute Gasteiger partial charge is 0.214 e. The van der Waals surface area contributed by atoms with Gasteiger partial charge in [0.15, 0.2) is 0 Å². The number of nitrogens with zero attached hydrogens (tertiary/aromatic N) is 5. The Labute approximate surface area is 122 Å². The predicted octanol–water partition coefficient (Wildman–Crippen LogP) is 1.65. The van der Waals surface area contributed by atoms with Gasteiger partial charge >= 0.3 is 0 Å². The second-order valence-corrected chi connectivity index (χ2v) is 5.56. The third-order valence-corrected chi connectivity index (χ3v) is 3.99. The number of hydrogen-bond acceptors (Lipinski definition) is 6. The summed E-state index contributed by atoms with van der Waals surface area (Å²) in [6, 6.07) is 12.0. The summed E-state index contributed by atoms with van der Waals surface area (Å²) in [5.41, 5.74) is 0.412. The molecule has 0 fully saturated rings. The molecule has 6 nitrogen and oxygen atoms in total. The minimum atomic E-state index is -0.516. The van der Waals surface area contributed by atoms with Crippen LogP contribution in [-0.4, -0.2) is 38.5 Å². The van der Waals surface area contributed by atoms with Gasteiger partial charge in [-0.25, -0.2) is 0 Å². The lowest BCUT2D eigenvalue weighted by molar-refractivity contribution is 0.479. The van der Waals surface area contributed by atoms with Crippen molar-refractivity contribution in [3.8, 4) is 11.8 Å². The minimum Gasteiger partial charge on any atom is -0.303 e. The van der Waals surface area contributed by atoms with Gasteiger partial charge in [0.1, 0.15) is 5.54 Å². The molecule has 7 heteroatoms. The van der Waals surface area contributed by atoms with Crippen molar-refractivity contribution in [2.24, 2.45) is 0 Å². The molecule has 2 aromatic rings. The van der Waals surface area contributed by atoms with Crippen LogP contribution in [0.5, 0.6) is 0 Å². The lowest BCUT2D eigenvalue weighted by Crippen LogP contribution is -2.38. The maximum Gasteiger partial charge on any atom is 0.214 e. The number of rotatable bonds is 6. The summed E-state index contributed by atoms with van der Waals surface area (Å²) in [4.78, 5) is 0. The molecule has 2 rings (SSSR count). The van der Waals surface area contributed by atoms with Gasteiger partial charge in [0.25, 0.3) is 0 Å². The fraction of sp³-hybridized carbons (Fsp3) is 0.385. The summed E-state index contributed by atoms with van der Waals surface area (Å²) in [6.45, 7) is 1.88. The first-order valence-electron chi connectivity index (χ1n) is 6.25. The maximum absolute atomic E-state index is 9.11. The average Bonchev–Trinajstić information content (AvgIpc) is 2.96. The fourth-order valence-corrected chi connectivity index (χ4v) is 2.63. The predicted molar refractivity (Wildman–Crippen MR) is 77.6 cm³/mol. The third-order valence-electron chi connectivity index (χ3n) is 3.07. The second-order valence-electron chi connectivity index (χ2n) is 4.50. The van der Waals surface area contributed by atoms with E-state index in [2.05, 4.69) is 26.9 Å². The number of nitriles is 1. The van der Waals surface area contributed by atoms with Crippen molar-refractivity contribution < 1.29 is 0 Å². The first-order valence-corrected chi connectivity index (χ1v) is 7.24. The molecule has 20 heavy (non-hydrogen) atoms. The van der Waals surface area contributed by atoms with Gasteiger partial charge in [-0.1, -0.05) is 30.0 Å². The van der Waals surface area contributed by atoms with Crippen molar-refractivity contribution in [3.63, 3.8) is 0 Å². The topological polar surface area (TPSA) is 79.4 Å². The van der Waals surface area contributed by atoms with Gasteiger partial charge in [-0.2, -0.15) is 9.94 Å². The number of para-hydroxylation sites is 1. The highest BCUT2D eigenvalue weighted by Crippen LogP contribution is 2.21. The maximum atomic E-state index is 9.11. The Hall–Kier alpha value is -1.91. The van der Waals surface area contributed by atoms with Gasteiger partial charge in [0.05, 0.1) is 11.8 Å². The number of nitrogens with one attached hydrogen (secondary N) is 1. The third kappa shape index (κ3) is 3.35. The minimum absolute atomic E-state index is 0.516. The van der Waals surface area contributed by atoms with Crippen LogP contribution in [0.2, 0.25) is 0 Å². The van der Waals surface area contributed by atoms with Crippen LogP contribution in [0.15, 0.2) is 35.5 Å². The van der Waals surface area contributed by atoms with E-state index in [0.29, 0.717) is 6.42 Å². The van der Waals surface area contributed by atoms with E-state index in [-0.39, 0.29) is 0 Å². The highest BCUT2D eigenvalue weighted by molar-refractivity contribution is 7.99. The molecule has 1 aromatic carbocycles. The molecule has 0 aliphatic rings. The molecule has 1 heterocycles. The van der Waals surface area contributed by atoms with Gasteiger partial charge in [-0.05, 0) is 43.0 Å². The molecule has 0 amide bonds. The van der Waals surface area contributed by atoms with Crippen molar-refractivity contribution in [1.82, 2.24) is 25.5 Å². The Bertz CT molecular complexity index is 590. The highest BCUT2D eigenvalue weighted by Gasteiger charge is 2.21. The summed E-state index contributed by atoms with van der Waals surface area (Å²) in [7, 11) is 1.79. The molecular weight excluding hydrogens is 272 g/mol. The van der Waals surface area contributed by atoms with Gasteiger partial charge in [-0.3, -0.25) is 0 Å². The Balaban J connectivity index is 2.02. The van der Waals surface area contributed by atoms with E-state index in [9.17, 15) is 0 Å². The van der Waals surface area contributed by atoms with Gasteiger partial charge < -0.3 is 5.32 Å². The van der Waals surface area contributed by atoms with Crippen molar-refractivity contribution >= 4 is 11.8 Å². The van der Waals surface area contributed by atoms with Crippen LogP contribution < -0.4 is 5.32 Å². The number of tetrazole rings is 1. The lowest BCUT2D eigenvalue weighted by Gasteiger charge is -2.19. The quantitative estimate of drug-likeness (QED) is 0.814. The number of benzene rings is 1. The largest absolute Gasteiger partial charge is 0.303 e. The summed E-state index contributed by atoms with van der Waals surface area (Å²) >= 11 is 1.54. The first-order chi connectivity index (χ1) is 9.68. The van der Waals surface area contributed by atoms with E-state index in [1.807, 2.05) is 37.3 Å². The standard InChI is InChI=1S/C13H16N6S/c1-13(10-14,15-2)8-9-20-12-16-17-18-19(12)11-6-4-3-5-7-11/h3-7,15H,8-9H2,1-2H3. The van der Waals surface area contributed by atoms with Crippen LogP contribution in [0.25, 0.3) is 5.69 Å². The zero-order chi connectivity index (χ0) is 14.4. The molecule has 104 valence electrons. The fourth-order valence-electron chi connectivity index (χ4n) is 1.58. The second kappa shape index (κ2) is 6.50. The van der Waals surface area contributed by atoms with E-state index in [0.717, 1.165) is 16.6 Å². The number of hydrogen-bond donors (Lipinski definition) is 1. The summed E-state index contributed by atoms with van der Waals surface area (Å²) in [5.74, 6) is 0.762. The highest BCUT2D eigenvalue weighted by atomic mass is 32.2. The van der Waals surface area contributed by atoms with Crippen LogP contribution in [0.4, 0.5) is 0 Å². The van der Waals surface area contributed by atoms with E-state index < -0.39 is 5.54 Å². The molecule has 1 atom stereocenters. The normalized spacial score (nSPS) is 13.7. The van der Waals surface area contributed by atoms with Crippen LogP contribution in [-0.2, 0) is 0 Å². The summed E-state index contributed by atoms with van der Waals surface area (Å²) in [5, 5.41) is 24.6. The molecular formula is C13H16N6S. The monoisotopic (exact) mass is 288 g/mol. The van der Waals surface area contributed by atoms with Crippen LogP contribution in [0.1, 0.15) is 13.3 Å². The summed E-state index contributed by atoms with van der Waals surface area (Å²) in [6.07, 6.45) is 0.715. The molecule has 1 N–H and O–H groups in total. The van der Waals surface area contributed by atoms with Crippen molar-refractivity contribution in [1.29, 1.82) is 5.26 Å². The van der Waals surface area contributed by atoms with E-state index >= 15 is 0 Å². The van der Waals surface area contributed by atoms with E-state index in [1.54, 1.807) is 23.5 Å². The Morgan fingerprint density at radius 2 is 2.15 bits per heavy atom. The van der Waals surface area contributed by atoms with Crippen LogP contribution in [0.3, 0.4) is 0 Å². The zero-order valence-corrected chi connectivity index (χ0v) is 12.3. The Kier molecular flexibility index (Phi) is 4.71. The molecule has 0 aliphatic heterocycles. The van der Waals surface area contributed by atoms with Crippen molar-refractivity contribution in [2.75, 3.05) is 12.8 Å². The molecule has 0 saturated carbocycles. The SMILES string of the molecule is CNC(C)(C#N)CCSc1nnnn1-c1ccccc1. The van der Waals surface area contributed by atoms with Crippen LogP contribution >= 0.6 is 11.8 Å². The molecule has 0 radical (unpaired) electrons. The molecule has 1 unspecified atom stereocenters. The average molecular weight is 288 g/mol. The molecule has 0 bridgehead atoms. The van der Waals surface area contributed by atoms with Gasteiger partial charge in [0.2, 0.25) is 5.16 Å². The zero-order valence-electron chi connectivity index (χ0n) is 11.4. The summed E-state index contributed by atoms with van der Waals surface area (Å²) < 4.78 is 1.70. The van der Waals surface area contributed by atoms with E-state index in [1.165, 1.54) is 0 Å². The first kappa shape index (κ1) is 14.5. The molecule has 0 aliphatic carbocycles. The van der Waals surface area contributed by atoms with Crippen molar-refractivity contribution in [3.05, 3.63) is 30.3 Å². The Morgan fingerprint density at radius 3 is 2.80 bits per heavy atom. The molecule has 0 spiro atoms. The van der Waals surface area contributed by atoms with Gasteiger partial charge in [0, 0.05) is 5.75 Å². The molecule has 0 saturated heterocycles. The van der Waals surface area contributed by atoms with Crippen molar-refractivity contribution in [2.45, 2.75) is 24.0 Å². The van der Waals surface area contributed by atoms with Crippen LogP contribution in [0, 0.1) is 11.3 Å². The number of thioether (sulfide) groups is 1. The number of aromatic nitrogens is 4. The van der Waals surface area contributed by atoms with E-state index in [4.69, 9.17) is 5.26 Å². The Morgan fingerprint density at radius 1 is 1.40 bits per heavy atom. The molecule has 1 aromatic heterocycles. The lowest BCUT2D eigenvalue weighted by atomic mass is 10.0. The van der Waals surface area contributed by atoms with Gasteiger partial charge in [-0.15, -0.1) is 5.10 Å².